The topological polar surface area (TPSA) is 18.5 Å². The van der Waals surface area contributed by atoms with Crippen molar-refractivity contribution in [2.75, 3.05) is 13.2 Å². The summed E-state index contributed by atoms with van der Waals surface area (Å²) < 4.78 is 11.9. The molecule has 0 aromatic heterocycles. The maximum atomic E-state index is 6.58. The fourth-order valence-electron chi connectivity index (χ4n) is 4.11. The first kappa shape index (κ1) is 28.6. The van der Waals surface area contributed by atoms with Gasteiger partial charge in [0.15, 0.2) is 0 Å². The van der Waals surface area contributed by atoms with E-state index in [1.807, 2.05) is 12.1 Å². The summed E-state index contributed by atoms with van der Waals surface area (Å²) in [7, 11) is 0. The quantitative estimate of drug-likeness (QED) is 0.154. The zero-order valence-corrected chi connectivity index (χ0v) is 22.8. The molecule has 0 N–H and O–H groups in total. The van der Waals surface area contributed by atoms with E-state index in [9.17, 15) is 0 Å². The summed E-state index contributed by atoms with van der Waals surface area (Å²) in [6, 6.07) is 16.7. The molecule has 2 nitrogen and oxygen atoms in total. The molecule has 2 atom stereocenters. The van der Waals surface area contributed by atoms with E-state index in [0.29, 0.717) is 12.5 Å². The van der Waals surface area contributed by atoms with Crippen molar-refractivity contribution in [3.63, 3.8) is 0 Å². The SMILES string of the molecule is CCCCCCCCCOc1ccc(-c2ccc(OCC(Cl)C(C)CCCC(C)C)cc2)cc1. The lowest BCUT2D eigenvalue weighted by molar-refractivity contribution is 0.280. The molecule has 2 aromatic carbocycles. The largest absolute Gasteiger partial charge is 0.494 e. The van der Waals surface area contributed by atoms with Crippen LogP contribution in [0.15, 0.2) is 48.5 Å². The zero-order chi connectivity index (χ0) is 24.6. The van der Waals surface area contributed by atoms with E-state index in [2.05, 4.69) is 64.1 Å². The average Bonchev–Trinajstić information content (AvgIpc) is 2.84. The highest BCUT2D eigenvalue weighted by atomic mass is 35.5. The van der Waals surface area contributed by atoms with Crippen molar-refractivity contribution in [3.8, 4) is 22.6 Å². The maximum Gasteiger partial charge on any atom is 0.119 e. The molecule has 0 fully saturated rings. The first-order chi connectivity index (χ1) is 16.5. The molecule has 0 heterocycles. The minimum atomic E-state index is 0.0421. The number of hydrogen-bond acceptors (Lipinski definition) is 2. The van der Waals surface area contributed by atoms with Crippen LogP contribution in [0.1, 0.15) is 91.9 Å². The lowest BCUT2D eigenvalue weighted by Crippen LogP contribution is -2.20. The van der Waals surface area contributed by atoms with Gasteiger partial charge in [-0.15, -0.1) is 11.6 Å². The van der Waals surface area contributed by atoms with Crippen molar-refractivity contribution in [2.24, 2.45) is 11.8 Å². The van der Waals surface area contributed by atoms with Crippen LogP contribution in [0, 0.1) is 11.8 Å². The van der Waals surface area contributed by atoms with Gasteiger partial charge in [-0.1, -0.05) is 103 Å². The Morgan fingerprint density at radius 1 is 0.647 bits per heavy atom. The van der Waals surface area contributed by atoms with Gasteiger partial charge in [0.2, 0.25) is 0 Å². The number of rotatable bonds is 18. The molecule has 0 amide bonds. The smallest absolute Gasteiger partial charge is 0.119 e. The van der Waals surface area contributed by atoms with Crippen LogP contribution in [0.3, 0.4) is 0 Å². The molecule has 0 aliphatic rings. The van der Waals surface area contributed by atoms with E-state index < -0.39 is 0 Å². The Labute approximate surface area is 214 Å². The number of halogens is 1. The number of alkyl halides is 1. The van der Waals surface area contributed by atoms with Crippen LogP contribution in [0.2, 0.25) is 0 Å². The number of hydrogen-bond donors (Lipinski definition) is 0. The highest BCUT2D eigenvalue weighted by Gasteiger charge is 2.15. The summed E-state index contributed by atoms with van der Waals surface area (Å²) in [5.74, 6) is 3.05. The molecular weight excluding hydrogens is 440 g/mol. The highest BCUT2D eigenvalue weighted by molar-refractivity contribution is 6.20. The Balaban J connectivity index is 1.69. The molecule has 0 bridgehead atoms. The summed E-state index contributed by atoms with van der Waals surface area (Å²) in [6.07, 6.45) is 12.8. The summed E-state index contributed by atoms with van der Waals surface area (Å²) in [4.78, 5) is 0. The Hall–Kier alpha value is -1.67. The van der Waals surface area contributed by atoms with Crippen LogP contribution in [0.5, 0.6) is 11.5 Å². The first-order valence-electron chi connectivity index (χ1n) is 13.6. The number of ether oxygens (including phenoxy) is 2. The van der Waals surface area contributed by atoms with E-state index in [0.717, 1.165) is 36.9 Å². The normalized spacial score (nSPS) is 13.1. The number of benzene rings is 2. The van der Waals surface area contributed by atoms with Crippen LogP contribution in [0.4, 0.5) is 0 Å². The molecule has 0 saturated heterocycles. The van der Waals surface area contributed by atoms with Gasteiger partial charge in [-0.2, -0.15) is 0 Å². The van der Waals surface area contributed by atoms with Crippen molar-refractivity contribution >= 4 is 11.6 Å². The predicted molar refractivity (Wildman–Crippen MR) is 148 cm³/mol. The summed E-state index contributed by atoms with van der Waals surface area (Å²) in [5, 5.41) is 0.0421. The van der Waals surface area contributed by atoms with Crippen LogP contribution in [-0.2, 0) is 0 Å². The average molecular weight is 487 g/mol. The maximum absolute atomic E-state index is 6.58. The van der Waals surface area contributed by atoms with Crippen molar-refractivity contribution in [1.29, 1.82) is 0 Å². The molecule has 34 heavy (non-hydrogen) atoms. The lowest BCUT2D eigenvalue weighted by atomic mass is 9.97. The molecular formula is C31H47ClO2. The Morgan fingerprint density at radius 3 is 1.74 bits per heavy atom. The lowest BCUT2D eigenvalue weighted by Gasteiger charge is -2.19. The van der Waals surface area contributed by atoms with Gasteiger partial charge < -0.3 is 9.47 Å². The number of unbranched alkanes of at least 4 members (excludes halogenated alkanes) is 6. The van der Waals surface area contributed by atoms with Gasteiger partial charge in [0, 0.05) is 0 Å². The van der Waals surface area contributed by atoms with Gasteiger partial charge in [-0.3, -0.25) is 0 Å². The van der Waals surface area contributed by atoms with Crippen LogP contribution in [-0.4, -0.2) is 18.6 Å². The first-order valence-corrected chi connectivity index (χ1v) is 14.0. The molecule has 2 aromatic rings. The molecule has 0 aliphatic heterocycles. The van der Waals surface area contributed by atoms with Crippen LogP contribution >= 0.6 is 11.6 Å². The molecule has 3 heteroatoms. The molecule has 190 valence electrons. The van der Waals surface area contributed by atoms with Crippen LogP contribution < -0.4 is 9.47 Å². The second kappa shape index (κ2) is 16.9. The fourth-order valence-corrected chi connectivity index (χ4v) is 4.29. The van der Waals surface area contributed by atoms with Gasteiger partial charge in [-0.05, 0) is 60.1 Å². The van der Waals surface area contributed by atoms with Crippen LogP contribution in [0.25, 0.3) is 11.1 Å². The molecule has 2 rings (SSSR count). The standard InChI is InChI=1S/C31H47ClO2/c1-5-6-7-8-9-10-11-23-33-29-19-15-27(16-20-29)28-17-21-30(22-18-28)34-24-31(32)26(4)14-12-13-25(2)3/h15-22,25-26,31H,5-14,23-24H2,1-4H3. The second-order valence-corrected chi connectivity index (χ2v) is 10.7. The third-order valence-corrected chi connectivity index (χ3v) is 7.08. The Morgan fingerprint density at radius 2 is 1.18 bits per heavy atom. The Kier molecular flexibility index (Phi) is 14.2. The van der Waals surface area contributed by atoms with Gasteiger partial charge in [0.1, 0.15) is 18.1 Å². The highest BCUT2D eigenvalue weighted by Crippen LogP contribution is 2.26. The van der Waals surface area contributed by atoms with Crippen molar-refractivity contribution in [2.45, 2.75) is 97.3 Å². The van der Waals surface area contributed by atoms with Crippen molar-refractivity contribution in [1.82, 2.24) is 0 Å². The van der Waals surface area contributed by atoms with Crippen molar-refractivity contribution in [3.05, 3.63) is 48.5 Å². The fraction of sp³-hybridized carbons (Fsp3) is 0.613. The van der Waals surface area contributed by atoms with Gasteiger partial charge >= 0.3 is 0 Å². The minimum absolute atomic E-state index is 0.0421. The van der Waals surface area contributed by atoms with Gasteiger partial charge in [0.05, 0.1) is 12.0 Å². The monoisotopic (exact) mass is 486 g/mol. The molecule has 0 aliphatic carbocycles. The second-order valence-electron chi connectivity index (χ2n) is 10.1. The Bertz CT molecular complexity index is 754. The summed E-state index contributed by atoms with van der Waals surface area (Å²) in [6.45, 7) is 10.4. The minimum Gasteiger partial charge on any atom is -0.494 e. The van der Waals surface area contributed by atoms with Crippen molar-refractivity contribution < 1.29 is 9.47 Å². The van der Waals surface area contributed by atoms with E-state index in [1.165, 1.54) is 62.5 Å². The zero-order valence-electron chi connectivity index (χ0n) is 22.0. The van der Waals surface area contributed by atoms with E-state index in [-0.39, 0.29) is 5.38 Å². The van der Waals surface area contributed by atoms with E-state index in [1.54, 1.807) is 0 Å². The summed E-state index contributed by atoms with van der Waals surface area (Å²) in [5.41, 5.74) is 2.36. The van der Waals surface area contributed by atoms with E-state index >= 15 is 0 Å². The molecule has 0 spiro atoms. The van der Waals surface area contributed by atoms with Gasteiger partial charge in [0.25, 0.3) is 0 Å². The molecule has 0 radical (unpaired) electrons. The predicted octanol–water partition coefficient (Wildman–Crippen LogP) is 9.93. The van der Waals surface area contributed by atoms with E-state index in [4.69, 9.17) is 21.1 Å². The third-order valence-electron chi connectivity index (χ3n) is 6.53. The molecule has 2 unspecified atom stereocenters. The molecule has 0 saturated carbocycles. The summed E-state index contributed by atoms with van der Waals surface area (Å²) >= 11 is 6.58. The van der Waals surface area contributed by atoms with Gasteiger partial charge in [-0.25, -0.2) is 0 Å². The third kappa shape index (κ3) is 11.6.